The molecule has 0 bridgehead atoms. The first-order chi connectivity index (χ1) is 13.4. The van der Waals surface area contributed by atoms with E-state index in [1.165, 1.54) is 18.2 Å². The van der Waals surface area contributed by atoms with E-state index in [0.29, 0.717) is 12.3 Å². The lowest BCUT2D eigenvalue weighted by molar-refractivity contribution is 0.102. The van der Waals surface area contributed by atoms with Crippen molar-refractivity contribution < 1.29 is 17.9 Å². The number of carbonyl (C=O) groups excluding carboxylic acids is 1. The smallest absolute Gasteiger partial charge is 0.255 e. The van der Waals surface area contributed by atoms with Gasteiger partial charge in [-0.3, -0.25) is 4.79 Å². The van der Waals surface area contributed by atoms with Crippen LogP contribution in [0.3, 0.4) is 0 Å². The van der Waals surface area contributed by atoms with Gasteiger partial charge in [0.05, 0.1) is 11.1 Å². The fraction of sp³-hybridized carbons (Fsp3) is 0.350. The van der Waals surface area contributed by atoms with Crippen LogP contribution in [0.5, 0.6) is 0 Å². The topological polar surface area (TPSA) is 84.5 Å². The predicted octanol–water partition coefficient (Wildman–Crippen LogP) is 3.61. The van der Waals surface area contributed by atoms with Crippen LogP contribution in [0.4, 0.5) is 5.69 Å². The third kappa shape index (κ3) is 4.91. The summed E-state index contributed by atoms with van der Waals surface area (Å²) in [6.45, 7) is 2.82. The van der Waals surface area contributed by atoms with Crippen LogP contribution < -0.4 is 10.0 Å². The van der Waals surface area contributed by atoms with Gasteiger partial charge in [0.2, 0.25) is 10.0 Å². The summed E-state index contributed by atoms with van der Waals surface area (Å²) in [7, 11) is -3.86. The molecule has 0 aliphatic carbocycles. The summed E-state index contributed by atoms with van der Waals surface area (Å²) < 4.78 is 33.3. The van der Waals surface area contributed by atoms with Crippen LogP contribution in [0.25, 0.3) is 0 Å². The lowest BCUT2D eigenvalue weighted by Crippen LogP contribution is -2.32. The first-order valence-corrected chi connectivity index (χ1v) is 11.1. The van der Waals surface area contributed by atoms with Crippen molar-refractivity contribution in [3.05, 3.63) is 58.6 Å². The molecule has 3 rings (SSSR count). The van der Waals surface area contributed by atoms with Gasteiger partial charge in [-0.25, -0.2) is 13.1 Å². The molecule has 1 amide bonds. The average Bonchev–Trinajstić information content (AvgIpc) is 3.21. The van der Waals surface area contributed by atoms with E-state index in [4.69, 9.17) is 16.3 Å². The van der Waals surface area contributed by atoms with Crippen LogP contribution in [0.2, 0.25) is 5.02 Å². The van der Waals surface area contributed by atoms with Crippen LogP contribution in [-0.4, -0.2) is 33.6 Å². The Kier molecular flexibility index (Phi) is 6.72. The van der Waals surface area contributed by atoms with Crippen molar-refractivity contribution in [3.8, 4) is 0 Å². The summed E-state index contributed by atoms with van der Waals surface area (Å²) in [6, 6.07) is 11.7. The molecule has 8 heteroatoms. The molecular weight excluding hydrogens is 400 g/mol. The molecule has 0 radical (unpaired) electrons. The van der Waals surface area contributed by atoms with Crippen molar-refractivity contribution in [2.24, 2.45) is 0 Å². The van der Waals surface area contributed by atoms with Crippen LogP contribution in [0.1, 0.15) is 35.7 Å². The third-order valence-electron chi connectivity index (χ3n) is 4.65. The number of rotatable bonds is 7. The summed E-state index contributed by atoms with van der Waals surface area (Å²) in [5, 5.41) is 2.90. The number of nitrogens with one attached hydrogen (secondary N) is 2. The van der Waals surface area contributed by atoms with E-state index in [1.807, 2.05) is 31.2 Å². The lowest BCUT2D eigenvalue weighted by atomic mass is 10.1. The van der Waals surface area contributed by atoms with Crippen molar-refractivity contribution in [1.82, 2.24) is 4.72 Å². The van der Waals surface area contributed by atoms with E-state index in [0.717, 1.165) is 24.8 Å². The summed E-state index contributed by atoms with van der Waals surface area (Å²) in [4.78, 5) is 12.5. The number of sulfonamides is 1. The number of carbonyl (C=O) groups is 1. The molecule has 150 valence electrons. The molecule has 0 saturated carbocycles. The Morgan fingerprint density at radius 3 is 2.75 bits per heavy atom. The Hall–Kier alpha value is -1.93. The lowest BCUT2D eigenvalue weighted by Gasteiger charge is -2.14. The Morgan fingerprint density at radius 1 is 1.25 bits per heavy atom. The fourth-order valence-corrected chi connectivity index (χ4v) is 4.67. The maximum Gasteiger partial charge on any atom is 0.255 e. The standard InChI is InChI=1S/C20H23ClN2O4S/c1-2-14-6-3-4-8-18(14)23-20(24)15-9-10-17(21)19(12-15)28(25,26)22-13-16-7-5-11-27-16/h3-4,6,8-10,12,16,22H,2,5,7,11,13H2,1H3,(H,23,24)/t16-/m0/s1. The Labute approximate surface area is 170 Å². The number of hydrogen-bond acceptors (Lipinski definition) is 4. The molecule has 2 aromatic carbocycles. The second-order valence-corrected chi connectivity index (χ2v) is 8.74. The van der Waals surface area contributed by atoms with Gasteiger partial charge >= 0.3 is 0 Å². The highest BCUT2D eigenvalue weighted by molar-refractivity contribution is 7.89. The van der Waals surface area contributed by atoms with E-state index < -0.39 is 15.9 Å². The number of halogens is 1. The number of benzene rings is 2. The van der Waals surface area contributed by atoms with Gasteiger partial charge in [0.25, 0.3) is 5.91 Å². The minimum atomic E-state index is -3.86. The van der Waals surface area contributed by atoms with E-state index in [1.54, 1.807) is 0 Å². The van der Waals surface area contributed by atoms with Crippen LogP contribution in [0, 0.1) is 0 Å². The van der Waals surface area contributed by atoms with Gasteiger partial charge < -0.3 is 10.1 Å². The molecule has 1 fully saturated rings. The minimum Gasteiger partial charge on any atom is -0.377 e. The number of hydrogen-bond donors (Lipinski definition) is 2. The zero-order chi connectivity index (χ0) is 20.1. The second-order valence-electron chi connectivity index (χ2n) is 6.60. The van der Waals surface area contributed by atoms with Gasteiger partial charge in [-0.1, -0.05) is 36.7 Å². The number of ether oxygens (including phenoxy) is 1. The minimum absolute atomic E-state index is 0.0605. The van der Waals surface area contributed by atoms with Crippen molar-refractivity contribution in [2.45, 2.75) is 37.2 Å². The van der Waals surface area contributed by atoms with Crippen LogP contribution >= 0.6 is 11.6 Å². The molecule has 0 unspecified atom stereocenters. The quantitative estimate of drug-likeness (QED) is 0.713. The van der Waals surface area contributed by atoms with E-state index >= 15 is 0 Å². The first kappa shape index (κ1) is 20.8. The van der Waals surface area contributed by atoms with E-state index in [2.05, 4.69) is 10.0 Å². The molecule has 6 nitrogen and oxygen atoms in total. The molecule has 2 N–H and O–H groups in total. The zero-order valence-electron chi connectivity index (χ0n) is 15.6. The van der Waals surface area contributed by atoms with Crippen molar-refractivity contribution >= 4 is 33.2 Å². The highest BCUT2D eigenvalue weighted by Gasteiger charge is 2.23. The van der Waals surface area contributed by atoms with Crippen LogP contribution in [0.15, 0.2) is 47.4 Å². The molecular formula is C20H23ClN2O4S. The molecule has 0 spiro atoms. The Morgan fingerprint density at radius 2 is 2.04 bits per heavy atom. The molecule has 1 saturated heterocycles. The van der Waals surface area contributed by atoms with E-state index in [-0.39, 0.29) is 28.1 Å². The summed E-state index contributed by atoms with van der Waals surface area (Å²) in [6.07, 6.45) is 2.37. The van der Waals surface area contributed by atoms with Gasteiger partial charge in [0.1, 0.15) is 4.90 Å². The molecule has 28 heavy (non-hydrogen) atoms. The average molecular weight is 423 g/mol. The van der Waals surface area contributed by atoms with Crippen molar-refractivity contribution in [3.63, 3.8) is 0 Å². The van der Waals surface area contributed by atoms with Gasteiger partial charge in [-0.05, 0) is 49.1 Å². The van der Waals surface area contributed by atoms with Gasteiger partial charge in [-0.2, -0.15) is 0 Å². The third-order valence-corrected chi connectivity index (χ3v) is 6.56. The predicted molar refractivity (Wildman–Crippen MR) is 109 cm³/mol. The first-order valence-electron chi connectivity index (χ1n) is 9.21. The second kappa shape index (κ2) is 9.05. The number of aryl methyl sites for hydroxylation is 1. The number of anilines is 1. The summed E-state index contributed by atoms with van der Waals surface area (Å²) in [5.41, 5.74) is 1.91. The Bertz CT molecular complexity index is 956. The zero-order valence-corrected chi connectivity index (χ0v) is 17.1. The van der Waals surface area contributed by atoms with Crippen molar-refractivity contribution in [2.75, 3.05) is 18.5 Å². The summed E-state index contributed by atoms with van der Waals surface area (Å²) >= 11 is 6.11. The van der Waals surface area contributed by atoms with Crippen LogP contribution in [-0.2, 0) is 21.2 Å². The maximum absolute atomic E-state index is 12.7. The normalized spacial score (nSPS) is 16.9. The fourth-order valence-electron chi connectivity index (χ4n) is 3.08. The monoisotopic (exact) mass is 422 g/mol. The Balaban J connectivity index is 1.79. The van der Waals surface area contributed by atoms with E-state index in [9.17, 15) is 13.2 Å². The van der Waals surface area contributed by atoms with Gasteiger partial charge in [0, 0.05) is 24.4 Å². The maximum atomic E-state index is 12.7. The molecule has 1 aliphatic heterocycles. The molecule has 1 aliphatic rings. The number of para-hydroxylation sites is 1. The van der Waals surface area contributed by atoms with Gasteiger partial charge in [-0.15, -0.1) is 0 Å². The molecule has 2 aromatic rings. The molecule has 0 aromatic heterocycles. The number of amides is 1. The summed E-state index contributed by atoms with van der Waals surface area (Å²) in [5.74, 6) is -0.395. The van der Waals surface area contributed by atoms with Gasteiger partial charge in [0.15, 0.2) is 0 Å². The van der Waals surface area contributed by atoms with Crippen molar-refractivity contribution in [1.29, 1.82) is 0 Å². The SMILES string of the molecule is CCc1ccccc1NC(=O)c1ccc(Cl)c(S(=O)(=O)NC[C@@H]2CCCO2)c1. The largest absolute Gasteiger partial charge is 0.377 e. The molecule has 1 heterocycles. The highest BCUT2D eigenvalue weighted by atomic mass is 35.5. The molecule has 1 atom stereocenters. The highest BCUT2D eigenvalue weighted by Crippen LogP contribution is 2.24.